The third kappa shape index (κ3) is 4.22. The SMILES string of the molecule is Cc1cc(NC(=O)NCC(c2ccccc2Cl)N(C)C)no1. The summed E-state index contributed by atoms with van der Waals surface area (Å²) in [4.78, 5) is 13.9. The van der Waals surface area contributed by atoms with Gasteiger partial charge in [0.1, 0.15) is 5.76 Å². The molecule has 1 heterocycles. The number of nitrogens with zero attached hydrogens (tertiary/aromatic N) is 2. The molecular weight excluding hydrogens is 304 g/mol. The number of anilines is 1. The molecule has 0 bridgehead atoms. The van der Waals surface area contributed by atoms with Crippen molar-refractivity contribution in [3.05, 3.63) is 46.7 Å². The van der Waals surface area contributed by atoms with Crippen LogP contribution in [0.3, 0.4) is 0 Å². The van der Waals surface area contributed by atoms with Crippen molar-refractivity contribution < 1.29 is 9.32 Å². The normalized spacial score (nSPS) is 12.2. The fourth-order valence-corrected chi connectivity index (χ4v) is 2.35. The molecule has 22 heavy (non-hydrogen) atoms. The number of benzene rings is 1. The summed E-state index contributed by atoms with van der Waals surface area (Å²) in [7, 11) is 3.88. The van der Waals surface area contributed by atoms with E-state index in [9.17, 15) is 4.79 Å². The number of hydrogen-bond donors (Lipinski definition) is 2. The lowest BCUT2D eigenvalue weighted by molar-refractivity contribution is 0.243. The number of carbonyl (C=O) groups is 1. The van der Waals surface area contributed by atoms with E-state index in [1.807, 2.05) is 43.3 Å². The summed E-state index contributed by atoms with van der Waals surface area (Å²) < 4.78 is 4.90. The van der Waals surface area contributed by atoms with Gasteiger partial charge < -0.3 is 14.7 Å². The molecule has 2 aromatic rings. The average molecular weight is 323 g/mol. The molecule has 0 fully saturated rings. The molecule has 1 unspecified atom stereocenters. The summed E-state index contributed by atoms with van der Waals surface area (Å²) in [6, 6.07) is 8.88. The Balaban J connectivity index is 1.97. The first-order chi connectivity index (χ1) is 10.5. The van der Waals surface area contributed by atoms with Crippen LogP contribution in [0.4, 0.5) is 10.6 Å². The molecule has 6 nitrogen and oxygen atoms in total. The van der Waals surface area contributed by atoms with Crippen LogP contribution >= 0.6 is 11.6 Å². The summed E-state index contributed by atoms with van der Waals surface area (Å²) in [5.41, 5.74) is 0.965. The van der Waals surface area contributed by atoms with E-state index in [1.165, 1.54) is 0 Å². The zero-order chi connectivity index (χ0) is 16.1. The van der Waals surface area contributed by atoms with Gasteiger partial charge in [-0.1, -0.05) is 35.0 Å². The summed E-state index contributed by atoms with van der Waals surface area (Å²) in [6.07, 6.45) is 0. The molecule has 7 heteroatoms. The second-order valence-corrected chi connectivity index (χ2v) is 5.57. The maximum atomic E-state index is 11.9. The molecule has 0 aliphatic heterocycles. The van der Waals surface area contributed by atoms with Crippen LogP contribution in [0.2, 0.25) is 5.02 Å². The lowest BCUT2D eigenvalue weighted by Crippen LogP contribution is -2.37. The third-order valence-corrected chi connectivity index (χ3v) is 3.56. The molecule has 0 aliphatic carbocycles. The lowest BCUT2D eigenvalue weighted by Gasteiger charge is -2.25. The fraction of sp³-hybridized carbons (Fsp3) is 0.333. The van der Waals surface area contributed by atoms with Crippen molar-refractivity contribution in [2.75, 3.05) is 26.0 Å². The number of hydrogen-bond acceptors (Lipinski definition) is 4. The van der Waals surface area contributed by atoms with Gasteiger partial charge in [-0.3, -0.25) is 5.32 Å². The molecule has 1 aromatic heterocycles. The van der Waals surface area contributed by atoms with Crippen LogP contribution in [-0.2, 0) is 0 Å². The molecular formula is C15H19ClN4O2. The van der Waals surface area contributed by atoms with Crippen molar-refractivity contribution in [3.63, 3.8) is 0 Å². The van der Waals surface area contributed by atoms with Crippen molar-refractivity contribution >= 4 is 23.4 Å². The van der Waals surface area contributed by atoms with Crippen LogP contribution in [0, 0.1) is 6.92 Å². The Morgan fingerprint density at radius 1 is 1.41 bits per heavy atom. The smallest absolute Gasteiger partial charge is 0.320 e. The highest BCUT2D eigenvalue weighted by Gasteiger charge is 2.18. The van der Waals surface area contributed by atoms with E-state index in [-0.39, 0.29) is 12.1 Å². The van der Waals surface area contributed by atoms with Gasteiger partial charge in [-0.25, -0.2) is 4.79 Å². The van der Waals surface area contributed by atoms with Gasteiger partial charge in [-0.05, 0) is 32.6 Å². The maximum Gasteiger partial charge on any atom is 0.320 e. The number of likely N-dealkylation sites (N-methyl/N-ethyl adjacent to an activating group) is 1. The van der Waals surface area contributed by atoms with E-state index >= 15 is 0 Å². The van der Waals surface area contributed by atoms with Crippen LogP contribution in [0.5, 0.6) is 0 Å². The number of rotatable bonds is 5. The zero-order valence-corrected chi connectivity index (χ0v) is 13.5. The Hall–Kier alpha value is -2.05. The topological polar surface area (TPSA) is 70.4 Å². The quantitative estimate of drug-likeness (QED) is 0.887. The number of aryl methyl sites for hydroxylation is 1. The molecule has 118 valence electrons. The van der Waals surface area contributed by atoms with Gasteiger partial charge in [-0.2, -0.15) is 0 Å². The van der Waals surface area contributed by atoms with Gasteiger partial charge >= 0.3 is 6.03 Å². The van der Waals surface area contributed by atoms with Crippen LogP contribution in [0.1, 0.15) is 17.4 Å². The Bertz CT molecular complexity index is 642. The third-order valence-electron chi connectivity index (χ3n) is 3.21. The van der Waals surface area contributed by atoms with Crippen LogP contribution < -0.4 is 10.6 Å². The van der Waals surface area contributed by atoms with E-state index in [2.05, 4.69) is 15.8 Å². The van der Waals surface area contributed by atoms with E-state index in [0.29, 0.717) is 23.1 Å². The van der Waals surface area contributed by atoms with Crippen molar-refractivity contribution in [1.82, 2.24) is 15.4 Å². The van der Waals surface area contributed by atoms with Crippen molar-refractivity contribution in [1.29, 1.82) is 0 Å². The first-order valence-corrected chi connectivity index (χ1v) is 7.24. The zero-order valence-electron chi connectivity index (χ0n) is 12.8. The number of aromatic nitrogens is 1. The van der Waals surface area contributed by atoms with Crippen molar-refractivity contribution in [2.24, 2.45) is 0 Å². The molecule has 1 atom stereocenters. The van der Waals surface area contributed by atoms with Gasteiger partial charge in [0.25, 0.3) is 0 Å². The highest BCUT2D eigenvalue weighted by atomic mass is 35.5. The van der Waals surface area contributed by atoms with E-state index in [1.54, 1.807) is 13.0 Å². The second-order valence-electron chi connectivity index (χ2n) is 5.16. The number of carbonyl (C=O) groups excluding carboxylic acids is 1. The molecule has 0 aliphatic rings. The Morgan fingerprint density at radius 2 is 2.14 bits per heavy atom. The fourth-order valence-electron chi connectivity index (χ4n) is 2.09. The van der Waals surface area contributed by atoms with Crippen LogP contribution in [0.15, 0.2) is 34.9 Å². The number of halogens is 1. The van der Waals surface area contributed by atoms with Crippen molar-refractivity contribution in [2.45, 2.75) is 13.0 Å². The first kappa shape index (κ1) is 16.3. The number of nitrogens with one attached hydrogen (secondary N) is 2. The standard InChI is InChI=1S/C15H19ClN4O2/c1-10-8-14(19-22-10)18-15(21)17-9-13(20(2)3)11-6-4-5-7-12(11)16/h4-8,13H,9H2,1-3H3,(H2,17,18,19,21). The summed E-state index contributed by atoms with van der Waals surface area (Å²) >= 11 is 6.23. The molecule has 0 spiro atoms. The van der Waals surface area contributed by atoms with Gasteiger partial charge in [0.15, 0.2) is 5.82 Å². The highest BCUT2D eigenvalue weighted by Crippen LogP contribution is 2.25. The molecule has 1 aromatic carbocycles. The van der Waals surface area contributed by atoms with Crippen LogP contribution in [-0.4, -0.2) is 36.7 Å². The molecule has 2 N–H and O–H groups in total. The molecule has 2 rings (SSSR count). The minimum absolute atomic E-state index is 0.0292. The predicted molar refractivity (Wildman–Crippen MR) is 86.1 cm³/mol. The monoisotopic (exact) mass is 322 g/mol. The van der Waals surface area contributed by atoms with E-state index in [4.69, 9.17) is 16.1 Å². The Kier molecular flexibility index (Phi) is 5.41. The first-order valence-electron chi connectivity index (χ1n) is 6.86. The van der Waals surface area contributed by atoms with Gasteiger partial charge in [-0.15, -0.1) is 0 Å². The van der Waals surface area contributed by atoms with Crippen molar-refractivity contribution in [3.8, 4) is 0 Å². The predicted octanol–water partition coefficient (Wildman–Crippen LogP) is 3.06. The van der Waals surface area contributed by atoms with E-state index in [0.717, 1.165) is 5.56 Å². The van der Waals surface area contributed by atoms with E-state index < -0.39 is 0 Å². The highest BCUT2D eigenvalue weighted by molar-refractivity contribution is 6.31. The Labute approximate surface area is 134 Å². The summed E-state index contributed by atoms with van der Waals surface area (Å²) in [6.45, 7) is 2.18. The number of amides is 2. The van der Waals surface area contributed by atoms with Gasteiger partial charge in [0, 0.05) is 17.6 Å². The minimum atomic E-state index is -0.341. The Morgan fingerprint density at radius 3 is 2.73 bits per heavy atom. The molecule has 0 saturated carbocycles. The molecule has 0 radical (unpaired) electrons. The number of urea groups is 1. The second kappa shape index (κ2) is 7.29. The minimum Gasteiger partial charge on any atom is -0.360 e. The van der Waals surface area contributed by atoms with Crippen LogP contribution in [0.25, 0.3) is 0 Å². The van der Waals surface area contributed by atoms with Gasteiger partial charge in [0.05, 0.1) is 6.04 Å². The average Bonchev–Trinajstić information content (AvgIpc) is 2.85. The summed E-state index contributed by atoms with van der Waals surface area (Å²) in [5, 5.41) is 9.82. The molecule has 0 saturated heterocycles. The lowest BCUT2D eigenvalue weighted by atomic mass is 10.1. The molecule has 2 amide bonds. The summed E-state index contributed by atoms with van der Waals surface area (Å²) in [5.74, 6) is 1.02. The van der Waals surface area contributed by atoms with Gasteiger partial charge in [0.2, 0.25) is 0 Å². The maximum absolute atomic E-state index is 11.9. The largest absolute Gasteiger partial charge is 0.360 e.